The second-order valence-corrected chi connectivity index (χ2v) is 2.89. The van der Waals surface area contributed by atoms with Gasteiger partial charge in [-0.2, -0.15) is 0 Å². The average Bonchev–Trinajstić information content (AvgIpc) is 2.27. The third kappa shape index (κ3) is 1.33. The first kappa shape index (κ1) is 8.69. The first-order chi connectivity index (χ1) is 6.85. The van der Waals surface area contributed by atoms with Gasteiger partial charge in [-0.1, -0.05) is 24.3 Å². The third-order valence-corrected chi connectivity index (χ3v) is 2.07. The minimum absolute atomic E-state index is 0.417. The van der Waals surface area contributed by atoms with Crippen LogP contribution in [0.5, 0.6) is 5.88 Å². The number of rotatable bonds is 2. The van der Waals surface area contributed by atoms with Gasteiger partial charge in [0.1, 0.15) is 5.69 Å². The van der Waals surface area contributed by atoms with Crippen molar-refractivity contribution in [1.29, 1.82) is 0 Å². The number of hydrogen-bond acceptors (Lipinski definition) is 3. The topological polar surface area (TPSA) is 39.2 Å². The Morgan fingerprint density at radius 2 is 2.14 bits per heavy atom. The van der Waals surface area contributed by atoms with Crippen LogP contribution in [0.3, 0.4) is 0 Å². The number of nitrogens with zero attached hydrogens (tertiary/aromatic N) is 1. The molecule has 0 aliphatic heterocycles. The maximum atomic E-state index is 10.8. The molecule has 1 heterocycles. The lowest BCUT2D eigenvalue weighted by Gasteiger charge is -2.03. The van der Waals surface area contributed by atoms with E-state index in [-0.39, 0.29) is 0 Å². The molecule has 0 radical (unpaired) electrons. The predicted octanol–water partition coefficient (Wildman–Crippen LogP) is 2.06. The number of hydrogen-bond donors (Lipinski definition) is 0. The lowest BCUT2D eigenvalue weighted by atomic mass is 10.1. The standard InChI is InChI=1S/C11H9NO2/c1-14-11-6-8-4-2-3-5-9(8)10(7-13)12-11/h2-7H,1H3. The van der Waals surface area contributed by atoms with E-state index in [9.17, 15) is 4.79 Å². The molecular formula is C11H9NO2. The fraction of sp³-hybridized carbons (Fsp3) is 0.0909. The quantitative estimate of drug-likeness (QED) is 0.675. The molecule has 0 aliphatic rings. The van der Waals surface area contributed by atoms with Crippen LogP contribution < -0.4 is 4.74 Å². The monoisotopic (exact) mass is 187 g/mol. The molecule has 1 aromatic heterocycles. The molecule has 3 heteroatoms. The second kappa shape index (κ2) is 3.46. The van der Waals surface area contributed by atoms with E-state index >= 15 is 0 Å². The number of benzene rings is 1. The van der Waals surface area contributed by atoms with E-state index in [1.165, 1.54) is 7.11 Å². The second-order valence-electron chi connectivity index (χ2n) is 2.89. The van der Waals surface area contributed by atoms with Crippen molar-refractivity contribution < 1.29 is 9.53 Å². The van der Waals surface area contributed by atoms with Crippen LogP contribution in [0.25, 0.3) is 10.8 Å². The number of carbonyl (C=O) groups is 1. The molecule has 0 N–H and O–H groups in total. The third-order valence-electron chi connectivity index (χ3n) is 2.07. The van der Waals surface area contributed by atoms with Crippen molar-refractivity contribution in [1.82, 2.24) is 4.98 Å². The average molecular weight is 187 g/mol. The molecule has 0 fully saturated rings. The van der Waals surface area contributed by atoms with Crippen LogP contribution in [0.4, 0.5) is 0 Å². The zero-order valence-corrected chi connectivity index (χ0v) is 7.73. The van der Waals surface area contributed by atoms with Gasteiger partial charge in [-0.3, -0.25) is 4.79 Å². The minimum Gasteiger partial charge on any atom is -0.481 e. The summed E-state index contributed by atoms with van der Waals surface area (Å²) in [5.74, 6) is 0.464. The Bertz CT molecular complexity index is 480. The van der Waals surface area contributed by atoms with Gasteiger partial charge < -0.3 is 4.74 Å². The molecule has 3 nitrogen and oxygen atoms in total. The zero-order valence-electron chi connectivity index (χ0n) is 7.73. The summed E-state index contributed by atoms with van der Waals surface area (Å²) in [6.07, 6.45) is 0.741. The summed E-state index contributed by atoms with van der Waals surface area (Å²) in [5.41, 5.74) is 0.417. The predicted molar refractivity (Wildman–Crippen MR) is 53.7 cm³/mol. The molecule has 0 spiro atoms. The van der Waals surface area contributed by atoms with Crippen LogP contribution in [-0.2, 0) is 0 Å². The fourth-order valence-corrected chi connectivity index (χ4v) is 1.39. The maximum Gasteiger partial charge on any atom is 0.214 e. The first-order valence-corrected chi connectivity index (χ1v) is 4.24. The number of aromatic nitrogens is 1. The van der Waals surface area contributed by atoms with Gasteiger partial charge in [0.2, 0.25) is 5.88 Å². The summed E-state index contributed by atoms with van der Waals surface area (Å²) in [4.78, 5) is 14.8. The number of methoxy groups -OCH3 is 1. The van der Waals surface area contributed by atoms with E-state index in [1.807, 2.05) is 30.3 Å². The minimum atomic E-state index is 0.417. The summed E-state index contributed by atoms with van der Waals surface area (Å²) in [7, 11) is 1.53. The van der Waals surface area contributed by atoms with E-state index in [1.54, 1.807) is 0 Å². The Hall–Kier alpha value is -1.90. The van der Waals surface area contributed by atoms with Crippen molar-refractivity contribution in [3.05, 3.63) is 36.0 Å². The largest absolute Gasteiger partial charge is 0.481 e. The number of pyridine rings is 1. The Labute approximate surface area is 81.3 Å². The highest BCUT2D eigenvalue weighted by atomic mass is 16.5. The normalized spacial score (nSPS) is 10.1. The van der Waals surface area contributed by atoms with E-state index in [4.69, 9.17) is 4.74 Å². The Morgan fingerprint density at radius 1 is 1.36 bits per heavy atom. The van der Waals surface area contributed by atoms with Crippen molar-refractivity contribution in [2.24, 2.45) is 0 Å². The van der Waals surface area contributed by atoms with Crippen molar-refractivity contribution in [2.45, 2.75) is 0 Å². The van der Waals surface area contributed by atoms with E-state index in [2.05, 4.69) is 4.98 Å². The molecule has 1 aromatic carbocycles. The molecule has 14 heavy (non-hydrogen) atoms. The number of ether oxygens (including phenoxy) is 1. The highest BCUT2D eigenvalue weighted by Crippen LogP contribution is 2.20. The lowest BCUT2D eigenvalue weighted by Crippen LogP contribution is -1.93. The van der Waals surface area contributed by atoms with Crippen molar-refractivity contribution in [2.75, 3.05) is 7.11 Å². The molecule has 0 atom stereocenters. The van der Waals surface area contributed by atoms with Gasteiger partial charge in [0.15, 0.2) is 6.29 Å². The van der Waals surface area contributed by atoms with E-state index < -0.39 is 0 Å². The molecular weight excluding hydrogens is 178 g/mol. The lowest BCUT2D eigenvalue weighted by molar-refractivity contribution is 0.112. The SMILES string of the molecule is COc1cc2ccccc2c(C=O)n1. The maximum absolute atomic E-state index is 10.8. The Kier molecular flexibility index (Phi) is 2.14. The van der Waals surface area contributed by atoms with Gasteiger partial charge >= 0.3 is 0 Å². The molecule has 2 rings (SSSR count). The zero-order chi connectivity index (χ0) is 9.97. The van der Waals surface area contributed by atoms with Crippen LogP contribution >= 0.6 is 0 Å². The smallest absolute Gasteiger partial charge is 0.214 e. The summed E-state index contributed by atoms with van der Waals surface area (Å²) < 4.78 is 4.99. The summed E-state index contributed by atoms with van der Waals surface area (Å²) in [6.45, 7) is 0. The Morgan fingerprint density at radius 3 is 2.86 bits per heavy atom. The van der Waals surface area contributed by atoms with E-state index in [0.29, 0.717) is 11.6 Å². The molecule has 2 aromatic rings. The van der Waals surface area contributed by atoms with Gasteiger partial charge in [-0.15, -0.1) is 0 Å². The number of aldehydes is 1. The van der Waals surface area contributed by atoms with Crippen LogP contribution in [-0.4, -0.2) is 18.4 Å². The molecule has 0 saturated heterocycles. The van der Waals surface area contributed by atoms with Crippen molar-refractivity contribution in [3.8, 4) is 5.88 Å². The first-order valence-electron chi connectivity index (χ1n) is 4.24. The van der Waals surface area contributed by atoms with Gasteiger partial charge in [0, 0.05) is 11.5 Å². The van der Waals surface area contributed by atoms with Crippen LogP contribution in [0.15, 0.2) is 30.3 Å². The molecule has 0 unspecified atom stereocenters. The van der Waals surface area contributed by atoms with Gasteiger partial charge in [0.05, 0.1) is 7.11 Å². The molecule has 0 aliphatic carbocycles. The van der Waals surface area contributed by atoms with Gasteiger partial charge in [-0.05, 0) is 5.39 Å². The van der Waals surface area contributed by atoms with Crippen molar-refractivity contribution in [3.63, 3.8) is 0 Å². The molecule has 0 saturated carbocycles. The van der Waals surface area contributed by atoms with Crippen LogP contribution in [0, 0.1) is 0 Å². The van der Waals surface area contributed by atoms with Crippen LogP contribution in [0.2, 0.25) is 0 Å². The number of carbonyl (C=O) groups excluding carboxylic acids is 1. The summed E-state index contributed by atoms with van der Waals surface area (Å²) >= 11 is 0. The highest BCUT2D eigenvalue weighted by molar-refractivity contribution is 5.96. The summed E-state index contributed by atoms with van der Waals surface area (Å²) in [5, 5.41) is 1.81. The van der Waals surface area contributed by atoms with Crippen molar-refractivity contribution >= 4 is 17.1 Å². The molecule has 70 valence electrons. The molecule has 0 bridgehead atoms. The molecule has 0 amide bonds. The highest BCUT2D eigenvalue weighted by Gasteiger charge is 2.03. The van der Waals surface area contributed by atoms with Gasteiger partial charge in [-0.25, -0.2) is 4.98 Å². The number of fused-ring (bicyclic) bond motifs is 1. The van der Waals surface area contributed by atoms with Gasteiger partial charge in [0.25, 0.3) is 0 Å². The van der Waals surface area contributed by atoms with E-state index in [0.717, 1.165) is 17.1 Å². The van der Waals surface area contributed by atoms with Crippen LogP contribution in [0.1, 0.15) is 10.5 Å². The fourth-order valence-electron chi connectivity index (χ4n) is 1.39. The summed E-state index contributed by atoms with van der Waals surface area (Å²) in [6, 6.07) is 9.39. The Balaban J connectivity index is 2.79.